The van der Waals surface area contributed by atoms with Crippen LogP contribution >= 0.6 is 0 Å². The summed E-state index contributed by atoms with van der Waals surface area (Å²) in [5.41, 5.74) is 3.72. The summed E-state index contributed by atoms with van der Waals surface area (Å²) in [5.74, 6) is 1.41. The predicted octanol–water partition coefficient (Wildman–Crippen LogP) is 2.51. The highest BCUT2D eigenvalue weighted by Crippen LogP contribution is 2.19. The first-order valence-electron chi connectivity index (χ1n) is 9.17. The maximum Gasteiger partial charge on any atom is 0.247 e. The lowest BCUT2D eigenvalue weighted by Gasteiger charge is -2.36. The van der Waals surface area contributed by atoms with E-state index in [2.05, 4.69) is 66.5 Å². The SMILES string of the molecule is Cc1cccc(N2CCN(c3nncc(NCc4ccncc4)n3)CC2)c1. The molecule has 7 heteroatoms. The van der Waals surface area contributed by atoms with Gasteiger partial charge in [-0.1, -0.05) is 12.1 Å². The van der Waals surface area contributed by atoms with Crippen LogP contribution in [0.2, 0.25) is 0 Å². The third kappa shape index (κ3) is 4.31. The van der Waals surface area contributed by atoms with E-state index in [9.17, 15) is 0 Å². The van der Waals surface area contributed by atoms with E-state index in [0.29, 0.717) is 12.5 Å². The molecule has 1 aliphatic heterocycles. The summed E-state index contributed by atoms with van der Waals surface area (Å²) in [6, 6.07) is 12.6. The number of pyridine rings is 1. The molecule has 7 nitrogen and oxygen atoms in total. The normalized spacial score (nSPS) is 14.3. The van der Waals surface area contributed by atoms with Gasteiger partial charge in [0.1, 0.15) is 0 Å². The minimum atomic E-state index is 0.679. The molecule has 3 heterocycles. The van der Waals surface area contributed by atoms with Gasteiger partial charge in [0.15, 0.2) is 5.82 Å². The number of piperazine rings is 1. The van der Waals surface area contributed by atoms with Crippen molar-refractivity contribution in [3.05, 3.63) is 66.1 Å². The van der Waals surface area contributed by atoms with Gasteiger partial charge >= 0.3 is 0 Å². The molecule has 138 valence electrons. The number of nitrogens with one attached hydrogen (secondary N) is 1. The summed E-state index contributed by atoms with van der Waals surface area (Å²) in [6.07, 6.45) is 5.23. The molecule has 1 N–H and O–H groups in total. The molecule has 1 saturated heterocycles. The largest absolute Gasteiger partial charge is 0.368 e. The Bertz CT molecular complexity index is 876. The molecule has 1 fully saturated rings. The fourth-order valence-corrected chi connectivity index (χ4v) is 3.20. The summed E-state index contributed by atoms with van der Waals surface area (Å²) in [6.45, 7) is 6.46. The van der Waals surface area contributed by atoms with Gasteiger partial charge in [-0.15, -0.1) is 5.10 Å². The van der Waals surface area contributed by atoms with Crippen LogP contribution in [-0.2, 0) is 6.54 Å². The van der Waals surface area contributed by atoms with Crippen molar-refractivity contribution in [1.82, 2.24) is 20.2 Å². The molecule has 27 heavy (non-hydrogen) atoms. The number of hydrogen-bond acceptors (Lipinski definition) is 7. The first kappa shape index (κ1) is 17.2. The maximum atomic E-state index is 4.63. The van der Waals surface area contributed by atoms with Crippen LogP contribution in [0.4, 0.5) is 17.5 Å². The van der Waals surface area contributed by atoms with E-state index in [1.54, 1.807) is 18.6 Å². The zero-order valence-corrected chi connectivity index (χ0v) is 15.4. The van der Waals surface area contributed by atoms with Crippen LogP contribution in [0, 0.1) is 6.92 Å². The zero-order chi connectivity index (χ0) is 18.5. The molecule has 0 saturated carbocycles. The van der Waals surface area contributed by atoms with E-state index in [4.69, 9.17) is 0 Å². The highest BCUT2D eigenvalue weighted by Gasteiger charge is 2.20. The van der Waals surface area contributed by atoms with Crippen LogP contribution < -0.4 is 15.1 Å². The first-order chi connectivity index (χ1) is 13.3. The third-order valence-corrected chi connectivity index (χ3v) is 4.70. The van der Waals surface area contributed by atoms with Crippen LogP contribution in [0.15, 0.2) is 55.0 Å². The molecule has 0 amide bonds. The van der Waals surface area contributed by atoms with Crippen molar-refractivity contribution in [3.63, 3.8) is 0 Å². The van der Waals surface area contributed by atoms with Gasteiger partial charge in [0.25, 0.3) is 0 Å². The van der Waals surface area contributed by atoms with E-state index >= 15 is 0 Å². The Kier molecular flexibility index (Phi) is 5.09. The lowest BCUT2D eigenvalue weighted by molar-refractivity contribution is 0.635. The molecular formula is C20H23N7. The number of anilines is 3. The Morgan fingerprint density at radius 1 is 1.00 bits per heavy atom. The van der Waals surface area contributed by atoms with E-state index in [1.807, 2.05) is 12.1 Å². The Hall–Kier alpha value is -3.22. The van der Waals surface area contributed by atoms with Crippen LogP contribution in [0.1, 0.15) is 11.1 Å². The molecule has 0 aliphatic carbocycles. The van der Waals surface area contributed by atoms with Crippen molar-refractivity contribution < 1.29 is 0 Å². The van der Waals surface area contributed by atoms with Crippen LogP contribution in [0.25, 0.3) is 0 Å². The number of aromatic nitrogens is 4. The fraction of sp³-hybridized carbons (Fsp3) is 0.300. The molecule has 0 atom stereocenters. The minimum Gasteiger partial charge on any atom is -0.368 e. The third-order valence-electron chi connectivity index (χ3n) is 4.70. The Labute approximate surface area is 159 Å². The number of nitrogens with zero attached hydrogens (tertiary/aromatic N) is 6. The highest BCUT2D eigenvalue weighted by atomic mass is 15.4. The van der Waals surface area contributed by atoms with E-state index in [0.717, 1.165) is 37.6 Å². The van der Waals surface area contributed by atoms with Gasteiger partial charge in [-0.2, -0.15) is 10.1 Å². The predicted molar refractivity (Wildman–Crippen MR) is 107 cm³/mol. The topological polar surface area (TPSA) is 70.1 Å². The van der Waals surface area contributed by atoms with Gasteiger partial charge in [0.05, 0.1) is 6.20 Å². The van der Waals surface area contributed by atoms with Crippen molar-refractivity contribution in [2.24, 2.45) is 0 Å². The monoisotopic (exact) mass is 361 g/mol. The molecule has 2 aromatic heterocycles. The number of aryl methyl sites for hydroxylation is 1. The Balaban J connectivity index is 1.37. The van der Waals surface area contributed by atoms with Gasteiger partial charge < -0.3 is 15.1 Å². The average molecular weight is 361 g/mol. The number of rotatable bonds is 5. The molecule has 0 bridgehead atoms. The van der Waals surface area contributed by atoms with Crippen molar-refractivity contribution in [3.8, 4) is 0 Å². The molecule has 1 aliphatic rings. The van der Waals surface area contributed by atoms with Gasteiger partial charge in [-0.25, -0.2) is 0 Å². The highest BCUT2D eigenvalue weighted by molar-refractivity contribution is 5.50. The quantitative estimate of drug-likeness (QED) is 0.749. The summed E-state index contributed by atoms with van der Waals surface area (Å²) in [5, 5.41) is 11.6. The summed E-state index contributed by atoms with van der Waals surface area (Å²) in [4.78, 5) is 13.3. The summed E-state index contributed by atoms with van der Waals surface area (Å²) >= 11 is 0. The smallest absolute Gasteiger partial charge is 0.247 e. The van der Waals surface area contributed by atoms with Crippen molar-refractivity contribution >= 4 is 17.5 Å². The number of benzene rings is 1. The molecule has 0 unspecified atom stereocenters. The van der Waals surface area contributed by atoms with E-state index in [-0.39, 0.29) is 0 Å². The van der Waals surface area contributed by atoms with E-state index < -0.39 is 0 Å². The second-order valence-corrected chi connectivity index (χ2v) is 6.66. The molecule has 1 aromatic carbocycles. The van der Waals surface area contributed by atoms with Crippen LogP contribution in [-0.4, -0.2) is 46.3 Å². The first-order valence-corrected chi connectivity index (χ1v) is 9.17. The van der Waals surface area contributed by atoms with E-state index in [1.165, 1.54) is 11.3 Å². The fourth-order valence-electron chi connectivity index (χ4n) is 3.20. The van der Waals surface area contributed by atoms with Crippen molar-refractivity contribution in [1.29, 1.82) is 0 Å². The molecule has 3 aromatic rings. The number of hydrogen-bond donors (Lipinski definition) is 1. The average Bonchev–Trinajstić information content (AvgIpc) is 2.73. The lowest BCUT2D eigenvalue weighted by atomic mass is 10.2. The van der Waals surface area contributed by atoms with Crippen molar-refractivity contribution in [2.45, 2.75) is 13.5 Å². The van der Waals surface area contributed by atoms with Crippen LogP contribution in [0.5, 0.6) is 0 Å². The maximum absolute atomic E-state index is 4.63. The van der Waals surface area contributed by atoms with Gasteiger partial charge in [0.2, 0.25) is 5.95 Å². The summed E-state index contributed by atoms with van der Waals surface area (Å²) < 4.78 is 0. The Morgan fingerprint density at radius 3 is 2.56 bits per heavy atom. The molecule has 4 rings (SSSR count). The lowest BCUT2D eigenvalue weighted by Crippen LogP contribution is -2.47. The second kappa shape index (κ2) is 7.99. The molecule has 0 spiro atoms. The van der Waals surface area contributed by atoms with Crippen molar-refractivity contribution in [2.75, 3.05) is 41.3 Å². The standard InChI is InChI=1S/C20H23N7/c1-16-3-2-4-18(13-16)26-9-11-27(12-10-26)20-24-19(15-23-25-20)22-14-17-5-7-21-8-6-17/h2-8,13,15H,9-12,14H2,1H3,(H,22,24,25). The second-order valence-electron chi connectivity index (χ2n) is 6.66. The minimum absolute atomic E-state index is 0.679. The summed E-state index contributed by atoms with van der Waals surface area (Å²) in [7, 11) is 0. The van der Waals surface area contributed by atoms with Gasteiger partial charge in [-0.3, -0.25) is 4.98 Å². The van der Waals surface area contributed by atoms with Crippen LogP contribution in [0.3, 0.4) is 0 Å². The molecule has 0 radical (unpaired) electrons. The van der Waals surface area contributed by atoms with Gasteiger partial charge in [0, 0.05) is 50.8 Å². The van der Waals surface area contributed by atoms with Gasteiger partial charge in [-0.05, 0) is 42.3 Å². The Morgan fingerprint density at radius 2 is 1.78 bits per heavy atom. The molecular weight excluding hydrogens is 338 g/mol. The zero-order valence-electron chi connectivity index (χ0n) is 15.4.